The molecule has 0 aliphatic carbocycles. The van der Waals surface area contributed by atoms with Gasteiger partial charge in [-0.15, -0.1) is 0 Å². The lowest BCUT2D eigenvalue weighted by atomic mass is 10.1. The summed E-state index contributed by atoms with van der Waals surface area (Å²) in [6.07, 6.45) is 0.883. The highest BCUT2D eigenvalue weighted by molar-refractivity contribution is 6.30. The van der Waals surface area contributed by atoms with Crippen LogP contribution in [0.5, 0.6) is 5.75 Å². The Balaban J connectivity index is 1.56. The van der Waals surface area contributed by atoms with Gasteiger partial charge >= 0.3 is 0 Å². The van der Waals surface area contributed by atoms with Gasteiger partial charge in [0.15, 0.2) is 0 Å². The summed E-state index contributed by atoms with van der Waals surface area (Å²) in [4.78, 5) is 8.91. The first kappa shape index (κ1) is 19.0. The highest BCUT2D eigenvalue weighted by atomic mass is 35.5. The molecule has 3 rings (SSSR count). The number of halogens is 1. The maximum absolute atomic E-state index is 5.92. The number of aromatic nitrogens is 2. The Morgan fingerprint density at radius 2 is 1.67 bits per heavy atom. The van der Waals surface area contributed by atoms with Gasteiger partial charge in [0.1, 0.15) is 23.2 Å². The summed E-state index contributed by atoms with van der Waals surface area (Å²) in [7, 11) is 1.68. The maximum atomic E-state index is 5.92. The number of ether oxygens (including phenoxy) is 1. The second kappa shape index (κ2) is 9.24. The van der Waals surface area contributed by atoms with Crippen LogP contribution < -0.4 is 15.4 Å². The number of hydrogen-bond donors (Lipinski definition) is 2. The van der Waals surface area contributed by atoms with Gasteiger partial charge in [-0.3, -0.25) is 0 Å². The van der Waals surface area contributed by atoms with Gasteiger partial charge in [0.2, 0.25) is 0 Å². The van der Waals surface area contributed by atoms with E-state index in [9.17, 15) is 0 Å². The summed E-state index contributed by atoms with van der Waals surface area (Å²) >= 11 is 5.92. The van der Waals surface area contributed by atoms with Crippen molar-refractivity contribution in [1.29, 1.82) is 0 Å². The molecule has 0 fully saturated rings. The standard InChI is InChI=1S/C21H23ClN4O/c1-15-25-20(23-11-10-16-4-3-5-19(12-16)27-2)13-21(26-15)24-14-17-6-8-18(22)9-7-17/h3-9,12-13H,10-11,14H2,1-2H3,(H2,23,24,25,26). The van der Waals surface area contributed by atoms with Crippen molar-refractivity contribution in [2.45, 2.75) is 19.9 Å². The van der Waals surface area contributed by atoms with Crippen LogP contribution in [0, 0.1) is 6.92 Å². The molecule has 1 heterocycles. The van der Waals surface area contributed by atoms with Crippen LogP contribution in [-0.2, 0) is 13.0 Å². The lowest BCUT2D eigenvalue weighted by Crippen LogP contribution is -2.09. The lowest BCUT2D eigenvalue weighted by Gasteiger charge is -2.11. The molecule has 5 nitrogen and oxygen atoms in total. The molecule has 0 aliphatic rings. The molecular weight excluding hydrogens is 360 g/mol. The molecule has 2 aromatic carbocycles. The Morgan fingerprint density at radius 1 is 0.926 bits per heavy atom. The summed E-state index contributed by atoms with van der Waals surface area (Å²) < 4.78 is 5.26. The monoisotopic (exact) mass is 382 g/mol. The van der Waals surface area contributed by atoms with E-state index >= 15 is 0 Å². The van der Waals surface area contributed by atoms with Crippen molar-refractivity contribution in [1.82, 2.24) is 9.97 Å². The van der Waals surface area contributed by atoms with Crippen molar-refractivity contribution in [2.24, 2.45) is 0 Å². The zero-order valence-corrected chi connectivity index (χ0v) is 16.3. The van der Waals surface area contributed by atoms with E-state index in [1.807, 2.05) is 55.5 Å². The molecule has 0 saturated heterocycles. The molecule has 0 bridgehead atoms. The minimum Gasteiger partial charge on any atom is -0.497 e. The minimum absolute atomic E-state index is 0.677. The van der Waals surface area contributed by atoms with Gasteiger partial charge < -0.3 is 15.4 Å². The molecule has 0 spiro atoms. The first-order chi connectivity index (χ1) is 13.1. The number of benzene rings is 2. The molecule has 0 saturated carbocycles. The predicted octanol–water partition coefficient (Wildman–Crippen LogP) is 4.71. The Bertz CT molecular complexity index is 884. The fourth-order valence-corrected chi connectivity index (χ4v) is 2.83. The molecule has 140 valence electrons. The van der Waals surface area contributed by atoms with Gasteiger partial charge in [0.05, 0.1) is 7.11 Å². The average molecular weight is 383 g/mol. The molecular formula is C21H23ClN4O. The molecule has 2 N–H and O–H groups in total. The highest BCUT2D eigenvalue weighted by Gasteiger charge is 2.03. The van der Waals surface area contributed by atoms with E-state index in [0.29, 0.717) is 6.54 Å². The third kappa shape index (κ3) is 5.86. The van der Waals surface area contributed by atoms with Crippen LogP contribution in [0.25, 0.3) is 0 Å². The van der Waals surface area contributed by atoms with Crippen LogP contribution in [0.4, 0.5) is 11.6 Å². The van der Waals surface area contributed by atoms with Crippen LogP contribution in [0.2, 0.25) is 5.02 Å². The quantitative estimate of drug-likeness (QED) is 0.590. The Labute approximate surface area is 164 Å². The van der Waals surface area contributed by atoms with E-state index in [1.165, 1.54) is 5.56 Å². The molecule has 0 aliphatic heterocycles. The zero-order chi connectivity index (χ0) is 19.1. The molecule has 1 aromatic heterocycles. The SMILES string of the molecule is COc1cccc(CCNc2cc(NCc3ccc(Cl)cc3)nc(C)n2)c1. The summed E-state index contributed by atoms with van der Waals surface area (Å²) in [6.45, 7) is 3.35. The first-order valence-electron chi connectivity index (χ1n) is 8.83. The maximum Gasteiger partial charge on any atom is 0.132 e. The van der Waals surface area contributed by atoms with Crippen molar-refractivity contribution in [3.8, 4) is 5.75 Å². The number of nitrogens with zero attached hydrogens (tertiary/aromatic N) is 2. The van der Waals surface area contributed by atoms with Crippen molar-refractivity contribution in [2.75, 3.05) is 24.3 Å². The van der Waals surface area contributed by atoms with Crippen LogP contribution in [0.3, 0.4) is 0 Å². The molecule has 27 heavy (non-hydrogen) atoms. The van der Waals surface area contributed by atoms with Crippen LogP contribution in [0.1, 0.15) is 17.0 Å². The highest BCUT2D eigenvalue weighted by Crippen LogP contribution is 2.16. The molecule has 0 unspecified atom stereocenters. The van der Waals surface area contributed by atoms with Gasteiger partial charge in [-0.05, 0) is 48.7 Å². The summed E-state index contributed by atoms with van der Waals surface area (Å²) in [5.74, 6) is 3.20. The number of rotatable bonds is 8. The van der Waals surface area contributed by atoms with E-state index in [2.05, 4.69) is 26.7 Å². The lowest BCUT2D eigenvalue weighted by molar-refractivity contribution is 0.414. The van der Waals surface area contributed by atoms with Gasteiger partial charge in [0, 0.05) is 24.2 Å². The topological polar surface area (TPSA) is 59.1 Å². The second-order valence-electron chi connectivity index (χ2n) is 6.19. The predicted molar refractivity (Wildman–Crippen MR) is 111 cm³/mol. The number of anilines is 2. The van der Waals surface area contributed by atoms with Crippen molar-refractivity contribution >= 4 is 23.2 Å². The largest absolute Gasteiger partial charge is 0.497 e. The number of hydrogen-bond acceptors (Lipinski definition) is 5. The van der Waals surface area contributed by atoms with Gasteiger partial charge in [-0.1, -0.05) is 35.9 Å². The van der Waals surface area contributed by atoms with E-state index in [1.54, 1.807) is 7.11 Å². The molecule has 0 radical (unpaired) electrons. The fraction of sp³-hybridized carbons (Fsp3) is 0.238. The van der Waals surface area contributed by atoms with Crippen molar-refractivity contribution < 1.29 is 4.74 Å². The van der Waals surface area contributed by atoms with Crippen LogP contribution in [0.15, 0.2) is 54.6 Å². The Kier molecular flexibility index (Phi) is 6.49. The minimum atomic E-state index is 0.677. The zero-order valence-electron chi connectivity index (χ0n) is 15.5. The molecule has 6 heteroatoms. The average Bonchev–Trinajstić information content (AvgIpc) is 2.67. The van der Waals surface area contributed by atoms with Gasteiger partial charge in [-0.25, -0.2) is 9.97 Å². The number of nitrogens with one attached hydrogen (secondary N) is 2. The van der Waals surface area contributed by atoms with Crippen LogP contribution >= 0.6 is 11.6 Å². The van der Waals surface area contributed by atoms with E-state index in [0.717, 1.165) is 46.8 Å². The van der Waals surface area contributed by atoms with E-state index in [4.69, 9.17) is 16.3 Å². The second-order valence-corrected chi connectivity index (χ2v) is 6.63. The van der Waals surface area contributed by atoms with Gasteiger partial charge in [0.25, 0.3) is 0 Å². The van der Waals surface area contributed by atoms with Crippen molar-refractivity contribution in [3.63, 3.8) is 0 Å². The summed E-state index contributed by atoms with van der Waals surface area (Å²) in [5, 5.41) is 7.44. The number of aryl methyl sites for hydroxylation is 1. The summed E-state index contributed by atoms with van der Waals surface area (Å²) in [6, 6.07) is 17.8. The van der Waals surface area contributed by atoms with E-state index < -0.39 is 0 Å². The number of methoxy groups -OCH3 is 1. The van der Waals surface area contributed by atoms with Crippen LogP contribution in [-0.4, -0.2) is 23.6 Å². The smallest absolute Gasteiger partial charge is 0.132 e. The van der Waals surface area contributed by atoms with Crippen molar-refractivity contribution in [3.05, 3.63) is 76.6 Å². The summed E-state index contributed by atoms with van der Waals surface area (Å²) in [5.41, 5.74) is 2.36. The third-order valence-corrected chi connectivity index (χ3v) is 4.33. The van der Waals surface area contributed by atoms with Gasteiger partial charge in [-0.2, -0.15) is 0 Å². The Morgan fingerprint density at radius 3 is 2.41 bits per heavy atom. The first-order valence-corrected chi connectivity index (χ1v) is 9.21. The Hall–Kier alpha value is -2.79. The molecule has 3 aromatic rings. The third-order valence-electron chi connectivity index (χ3n) is 4.08. The fourth-order valence-electron chi connectivity index (χ4n) is 2.71. The normalized spacial score (nSPS) is 10.5. The molecule has 0 amide bonds. The molecule has 0 atom stereocenters. The van der Waals surface area contributed by atoms with E-state index in [-0.39, 0.29) is 0 Å².